The monoisotopic (exact) mass is 450 g/mol. The molecule has 2 aromatic heterocycles. The predicted octanol–water partition coefficient (Wildman–Crippen LogP) is 4.23. The van der Waals surface area contributed by atoms with E-state index in [0.29, 0.717) is 33.3 Å². The van der Waals surface area contributed by atoms with Crippen LogP contribution in [-0.2, 0) is 11.3 Å². The van der Waals surface area contributed by atoms with Gasteiger partial charge >= 0.3 is 0 Å². The van der Waals surface area contributed by atoms with E-state index in [-0.39, 0.29) is 11.5 Å². The molecule has 6 nitrogen and oxygen atoms in total. The molecule has 0 aliphatic heterocycles. The third-order valence-electron chi connectivity index (χ3n) is 4.65. The van der Waals surface area contributed by atoms with Gasteiger partial charge in [-0.15, -0.1) is 0 Å². The van der Waals surface area contributed by atoms with E-state index in [1.54, 1.807) is 61.8 Å². The van der Waals surface area contributed by atoms with E-state index < -0.39 is 5.25 Å². The Hall–Kier alpha value is -3.16. The number of carbonyl (C=O) groups excluding carboxylic acids is 1. The minimum Gasteiger partial charge on any atom is -0.351 e. The Morgan fingerprint density at radius 3 is 2.77 bits per heavy atom. The smallest absolute Gasteiger partial charge is 0.266 e. The van der Waals surface area contributed by atoms with Gasteiger partial charge in [-0.25, -0.2) is 4.98 Å². The van der Waals surface area contributed by atoms with Crippen LogP contribution in [0.2, 0.25) is 5.02 Å². The van der Waals surface area contributed by atoms with Crippen molar-refractivity contribution in [1.29, 1.82) is 0 Å². The van der Waals surface area contributed by atoms with Gasteiger partial charge in [-0.1, -0.05) is 47.6 Å². The molecule has 1 atom stereocenters. The molecule has 0 bridgehead atoms. The number of hydrogen-bond acceptors (Lipinski definition) is 5. The molecule has 2 heterocycles. The Balaban J connectivity index is 1.66. The van der Waals surface area contributed by atoms with Gasteiger partial charge in [-0.05, 0) is 48.9 Å². The van der Waals surface area contributed by atoms with Crippen LogP contribution in [-0.4, -0.2) is 25.7 Å². The van der Waals surface area contributed by atoms with Crippen LogP contribution in [0.3, 0.4) is 0 Å². The van der Waals surface area contributed by atoms with Crippen molar-refractivity contribution >= 4 is 40.2 Å². The normalized spacial score (nSPS) is 11.9. The van der Waals surface area contributed by atoms with Gasteiger partial charge in [0.2, 0.25) is 5.91 Å². The van der Waals surface area contributed by atoms with Crippen molar-refractivity contribution < 1.29 is 4.79 Å². The SMILES string of the molecule is CC(Sc1nc2ccccc2c(=O)n1-c1cccc(Cl)c1)C(=O)NCc1cccnc1. The molecular formula is C23H19ClN4O2S. The third-order valence-corrected chi connectivity index (χ3v) is 5.94. The Bertz CT molecular complexity index is 1290. The fraction of sp³-hybridized carbons (Fsp3) is 0.130. The van der Waals surface area contributed by atoms with Crippen molar-refractivity contribution in [1.82, 2.24) is 19.9 Å². The van der Waals surface area contributed by atoms with Gasteiger partial charge in [0.05, 0.1) is 21.8 Å². The highest BCUT2D eigenvalue weighted by Gasteiger charge is 2.20. The topological polar surface area (TPSA) is 76.9 Å². The number of aromatic nitrogens is 3. The van der Waals surface area contributed by atoms with Crippen molar-refractivity contribution in [3.05, 3.63) is 94.0 Å². The van der Waals surface area contributed by atoms with Gasteiger partial charge in [-0.3, -0.25) is 19.1 Å². The molecule has 156 valence electrons. The maximum atomic E-state index is 13.3. The van der Waals surface area contributed by atoms with Crippen LogP contribution >= 0.6 is 23.4 Å². The number of carbonyl (C=O) groups is 1. The molecule has 0 saturated carbocycles. The number of amides is 1. The van der Waals surface area contributed by atoms with Crippen LogP contribution in [0.4, 0.5) is 0 Å². The summed E-state index contributed by atoms with van der Waals surface area (Å²) in [6.45, 7) is 2.16. The fourth-order valence-corrected chi connectivity index (χ4v) is 4.22. The fourth-order valence-electron chi connectivity index (χ4n) is 3.08. The van der Waals surface area contributed by atoms with Crippen molar-refractivity contribution in [3.63, 3.8) is 0 Å². The number of rotatable bonds is 6. The number of pyridine rings is 1. The zero-order valence-electron chi connectivity index (χ0n) is 16.7. The number of para-hydroxylation sites is 1. The summed E-state index contributed by atoms with van der Waals surface area (Å²) in [7, 11) is 0. The molecule has 1 unspecified atom stereocenters. The number of benzene rings is 2. The van der Waals surface area contributed by atoms with E-state index in [2.05, 4.69) is 15.3 Å². The van der Waals surface area contributed by atoms with Gasteiger partial charge in [0.15, 0.2) is 5.16 Å². The first-order valence-corrected chi connectivity index (χ1v) is 10.9. The highest BCUT2D eigenvalue weighted by atomic mass is 35.5. The van der Waals surface area contributed by atoms with E-state index in [1.807, 2.05) is 18.2 Å². The number of halogens is 1. The molecule has 8 heteroatoms. The van der Waals surface area contributed by atoms with Gasteiger partial charge in [0.1, 0.15) is 0 Å². The van der Waals surface area contributed by atoms with E-state index in [0.717, 1.165) is 5.56 Å². The quantitative estimate of drug-likeness (QED) is 0.351. The average Bonchev–Trinajstić information content (AvgIpc) is 2.78. The molecule has 0 aliphatic carbocycles. The molecule has 1 amide bonds. The van der Waals surface area contributed by atoms with Gasteiger partial charge in [0, 0.05) is 24.0 Å². The molecule has 0 radical (unpaired) electrons. The van der Waals surface area contributed by atoms with Crippen LogP contribution in [0.15, 0.2) is 83.0 Å². The molecular weight excluding hydrogens is 432 g/mol. The molecule has 0 fully saturated rings. The second kappa shape index (κ2) is 9.32. The molecule has 31 heavy (non-hydrogen) atoms. The van der Waals surface area contributed by atoms with Gasteiger partial charge in [0.25, 0.3) is 5.56 Å². The van der Waals surface area contributed by atoms with Gasteiger partial charge in [-0.2, -0.15) is 0 Å². The first-order valence-electron chi connectivity index (χ1n) is 9.64. The van der Waals surface area contributed by atoms with E-state index in [4.69, 9.17) is 11.6 Å². The second-order valence-corrected chi connectivity index (χ2v) is 8.62. The summed E-state index contributed by atoms with van der Waals surface area (Å²) in [6.07, 6.45) is 3.39. The van der Waals surface area contributed by atoms with Crippen LogP contribution in [0, 0.1) is 0 Å². The van der Waals surface area contributed by atoms with E-state index >= 15 is 0 Å². The lowest BCUT2D eigenvalue weighted by molar-refractivity contribution is -0.120. The van der Waals surface area contributed by atoms with Crippen LogP contribution in [0.25, 0.3) is 16.6 Å². The summed E-state index contributed by atoms with van der Waals surface area (Å²) in [4.78, 5) is 34.7. The molecule has 0 saturated heterocycles. The van der Waals surface area contributed by atoms with Gasteiger partial charge < -0.3 is 5.32 Å². The summed E-state index contributed by atoms with van der Waals surface area (Å²) in [5, 5.41) is 3.86. The number of nitrogens with zero attached hydrogens (tertiary/aromatic N) is 3. The lowest BCUT2D eigenvalue weighted by atomic mass is 10.2. The summed E-state index contributed by atoms with van der Waals surface area (Å²) in [6, 6.07) is 17.9. The lowest BCUT2D eigenvalue weighted by Gasteiger charge is -2.16. The molecule has 1 N–H and O–H groups in total. The Morgan fingerprint density at radius 1 is 1.16 bits per heavy atom. The van der Waals surface area contributed by atoms with Crippen molar-refractivity contribution in [3.8, 4) is 5.69 Å². The first kappa shape index (κ1) is 21.1. The van der Waals surface area contributed by atoms with Crippen LogP contribution in [0.1, 0.15) is 12.5 Å². The third kappa shape index (κ3) is 4.78. The van der Waals surface area contributed by atoms with Crippen molar-refractivity contribution in [2.75, 3.05) is 0 Å². The average molecular weight is 451 g/mol. The largest absolute Gasteiger partial charge is 0.351 e. The Morgan fingerprint density at radius 2 is 2.00 bits per heavy atom. The first-order chi connectivity index (χ1) is 15.0. The summed E-state index contributed by atoms with van der Waals surface area (Å²) in [5.74, 6) is -0.158. The van der Waals surface area contributed by atoms with Crippen molar-refractivity contribution in [2.24, 2.45) is 0 Å². The number of fused-ring (bicyclic) bond motifs is 1. The number of thioether (sulfide) groups is 1. The van der Waals surface area contributed by atoms with E-state index in [9.17, 15) is 9.59 Å². The summed E-state index contributed by atoms with van der Waals surface area (Å²) >= 11 is 7.39. The summed E-state index contributed by atoms with van der Waals surface area (Å²) < 4.78 is 1.50. The lowest BCUT2D eigenvalue weighted by Crippen LogP contribution is -2.31. The highest BCUT2D eigenvalue weighted by molar-refractivity contribution is 8.00. The standard InChI is InChI=1S/C23H19ClN4O2S/c1-15(21(29)26-14-16-6-5-11-25-13-16)31-23-27-20-10-3-2-9-19(20)22(30)28(23)18-8-4-7-17(24)12-18/h2-13,15H,14H2,1H3,(H,26,29). The molecule has 4 aromatic rings. The van der Waals surface area contributed by atoms with E-state index in [1.165, 1.54) is 16.3 Å². The Kier molecular flexibility index (Phi) is 6.34. The van der Waals surface area contributed by atoms with Crippen molar-refractivity contribution in [2.45, 2.75) is 23.9 Å². The second-order valence-electron chi connectivity index (χ2n) is 6.87. The maximum absolute atomic E-state index is 13.3. The minimum absolute atomic E-state index is 0.158. The number of nitrogens with one attached hydrogen (secondary N) is 1. The van der Waals surface area contributed by atoms with Crippen LogP contribution in [0.5, 0.6) is 0 Å². The predicted molar refractivity (Wildman–Crippen MR) is 124 cm³/mol. The zero-order chi connectivity index (χ0) is 21.8. The Labute approximate surface area is 188 Å². The zero-order valence-corrected chi connectivity index (χ0v) is 18.2. The number of hydrogen-bond donors (Lipinski definition) is 1. The summed E-state index contributed by atoms with van der Waals surface area (Å²) in [5.41, 5.74) is 1.88. The molecule has 2 aromatic carbocycles. The minimum atomic E-state index is -0.477. The molecule has 4 rings (SSSR count). The highest BCUT2D eigenvalue weighted by Crippen LogP contribution is 2.26. The molecule has 0 aliphatic rings. The molecule has 0 spiro atoms. The van der Waals surface area contributed by atoms with Crippen LogP contribution < -0.4 is 10.9 Å². The maximum Gasteiger partial charge on any atom is 0.266 e.